The van der Waals surface area contributed by atoms with Crippen molar-refractivity contribution in [3.8, 4) is 0 Å². The smallest absolute Gasteiger partial charge is 0.224 e. The Labute approximate surface area is 190 Å². The van der Waals surface area contributed by atoms with Crippen molar-refractivity contribution in [2.45, 2.75) is 31.8 Å². The second-order valence-corrected chi connectivity index (χ2v) is 8.34. The van der Waals surface area contributed by atoms with Gasteiger partial charge in [0.15, 0.2) is 0 Å². The number of nitrogens with zero attached hydrogens (tertiary/aromatic N) is 3. The first-order valence-corrected chi connectivity index (χ1v) is 11.3. The maximum absolute atomic E-state index is 12.9. The lowest BCUT2D eigenvalue weighted by Gasteiger charge is -2.36. The van der Waals surface area contributed by atoms with Crippen molar-refractivity contribution >= 4 is 11.7 Å². The van der Waals surface area contributed by atoms with E-state index in [4.69, 9.17) is 0 Å². The van der Waals surface area contributed by atoms with Crippen LogP contribution in [0.5, 0.6) is 0 Å². The summed E-state index contributed by atoms with van der Waals surface area (Å²) in [5.74, 6) is 1.34. The van der Waals surface area contributed by atoms with E-state index in [1.54, 1.807) is 0 Å². The number of piperidine rings is 1. The van der Waals surface area contributed by atoms with Gasteiger partial charge in [-0.05, 0) is 55.6 Å². The Morgan fingerprint density at radius 1 is 1.00 bits per heavy atom. The van der Waals surface area contributed by atoms with Gasteiger partial charge in [0.2, 0.25) is 5.91 Å². The van der Waals surface area contributed by atoms with Crippen LogP contribution >= 0.6 is 0 Å². The standard InChI is InChI=1S/C26H31N5O/c1-27-26-22(10-7-15-29-26)19-31-16-12-21(13-17-31)25(23-11-5-6-14-28-23)30-24(32)18-20-8-3-2-4-9-20/h2-11,14-15,21,25H,12-13,16-19H2,1H3,(H,27,29)(H,30,32)/t25-/m1/s1. The fraction of sp³-hybridized carbons (Fsp3) is 0.346. The fourth-order valence-corrected chi connectivity index (χ4v) is 4.48. The van der Waals surface area contributed by atoms with Crippen molar-refractivity contribution in [3.05, 3.63) is 89.9 Å². The number of amides is 1. The van der Waals surface area contributed by atoms with Crippen LogP contribution in [0.4, 0.5) is 5.82 Å². The molecule has 166 valence electrons. The number of anilines is 1. The Kier molecular flexibility index (Phi) is 7.46. The quantitative estimate of drug-likeness (QED) is 0.570. The topological polar surface area (TPSA) is 70.2 Å². The molecule has 32 heavy (non-hydrogen) atoms. The molecule has 0 spiro atoms. The zero-order valence-corrected chi connectivity index (χ0v) is 18.6. The van der Waals surface area contributed by atoms with Crippen LogP contribution in [0.15, 0.2) is 73.1 Å². The van der Waals surface area contributed by atoms with Crippen molar-refractivity contribution in [2.24, 2.45) is 5.92 Å². The second kappa shape index (κ2) is 10.9. The number of carbonyl (C=O) groups is 1. The number of pyridine rings is 2. The molecule has 1 aromatic carbocycles. The normalized spacial score (nSPS) is 15.8. The molecule has 0 aliphatic carbocycles. The van der Waals surface area contributed by atoms with Gasteiger partial charge in [-0.25, -0.2) is 4.98 Å². The summed E-state index contributed by atoms with van der Waals surface area (Å²) in [5.41, 5.74) is 3.18. The van der Waals surface area contributed by atoms with Crippen LogP contribution in [0.3, 0.4) is 0 Å². The SMILES string of the molecule is CNc1ncccc1CN1CCC([C@@H](NC(=O)Cc2ccccc2)c2ccccn2)CC1. The van der Waals surface area contributed by atoms with Gasteiger partial charge in [0.25, 0.3) is 0 Å². The van der Waals surface area contributed by atoms with Crippen molar-refractivity contribution in [1.29, 1.82) is 0 Å². The average molecular weight is 430 g/mol. The summed E-state index contributed by atoms with van der Waals surface area (Å²) < 4.78 is 0. The van der Waals surface area contributed by atoms with Crippen LogP contribution < -0.4 is 10.6 Å². The summed E-state index contributed by atoms with van der Waals surface area (Å²) in [6, 6.07) is 19.9. The molecule has 2 N–H and O–H groups in total. The van der Waals surface area contributed by atoms with E-state index in [9.17, 15) is 4.79 Å². The minimum atomic E-state index is -0.0687. The number of aromatic nitrogens is 2. The highest BCUT2D eigenvalue weighted by molar-refractivity contribution is 5.79. The molecule has 1 aliphatic rings. The van der Waals surface area contributed by atoms with Crippen LogP contribution in [-0.2, 0) is 17.8 Å². The van der Waals surface area contributed by atoms with E-state index in [0.29, 0.717) is 12.3 Å². The second-order valence-electron chi connectivity index (χ2n) is 8.34. The third-order valence-electron chi connectivity index (χ3n) is 6.16. The highest BCUT2D eigenvalue weighted by Gasteiger charge is 2.30. The van der Waals surface area contributed by atoms with Crippen LogP contribution in [0, 0.1) is 5.92 Å². The summed E-state index contributed by atoms with van der Waals surface area (Å²) in [7, 11) is 1.91. The van der Waals surface area contributed by atoms with Gasteiger partial charge in [0.05, 0.1) is 18.2 Å². The summed E-state index contributed by atoms with van der Waals surface area (Å²) in [6.07, 6.45) is 6.04. The minimum absolute atomic E-state index is 0.0447. The summed E-state index contributed by atoms with van der Waals surface area (Å²) in [6.45, 7) is 2.85. The molecule has 0 bridgehead atoms. The fourth-order valence-electron chi connectivity index (χ4n) is 4.48. The molecule has 4 rings (SSSR count). The Morgan fingerprint density at radius 2 is 1.75 bits per heavy atom. The molecule has 2 aromatic heterocycles. The van der Waals surface area contributed by atoms with E-state index in [1.807, 2.05) is 74.0 Å². The monoisotopic (exact) mass is 429 g/mol. The van der Waals surface area contributed by atoms with Gasteiger partial charge >= 0.3 is 0 Å². The lowest BCUT2D eigenvalue weighted by molar-refractivity contribution is -0.121. The first kappa shape index (κ1) is 22.0. The van der Waals surface area contributed by atoms with Crippen molar-refractivity contribution in [3.63, 3.8) is 0 Å². The van der Waals surface area contributed by atoms with Crippen LogP contribution in [-0.4, -0.2) is 40.9 Å². The number of carbonyl (C=O) groups excluding carboxylic acids is 1. The van der Waals surface area contributed by atoms with Crippen LogP contribution in [0.2, 0.25) is 0 Å². The van der Waals surface area contributed by atoms with Crippen molar-refractivity contribution in [2.75, 3.05) is 25.5 Å². The van der Waals surface area contributed by atoms with Crippen molar-refractivity contribution in [1.82, 2.24) is 20.2 Å². The van der Waals surface area contributed by atoms with E-state index < -0.39 is 0 Å². The van der Waals surface area contributed by atoms with Crippen molar-refractivity contribution < 1.29 is 4.79 Å². The van der Waals surface area contributed by atoms with Gasteiger partial charge in [0.1, 0.15) is 5.82 Å². The molecule has 1 atom stereocenters. The Bertz CT molecular complexity index is 987. The molecule has 1 amide bonds. The highest BCUT2D eigenvalue weighted by atomic mass is 16.1. The molecule has 1 saturated heterocycles. The molecule has 3 heterocycles. The summed E-state index contributed by atoms with van der Waals surface area (Å²) >= 11 is 0. The number of rotatable bonds is 8. The van der Waals surface area contributed by atoms with Crippen LogP contribution in [0.25, 0.3) is 0 Å². The molecule has 1 aliphatic heterocycles. The van der Waals surface area contributed by atoms with E-state index in [1.165, 1.54) is 5.56 Å². The Hall–Kier alpha value is -3.25. The molecule has 0 radical (unpaired) electrons. The molecule has 1 fully saturated rings. The zero-order valence-electron chi connectivity index (χ0n) is 18.6. The predicted octanol–water partition coefficient (Wildman–Crippen LogP) is 3.83. The lowest BCUT2D eigenvalue weighted by atomic mass is 9.87. The Balaban J connectivity index is 1.40. The van der Waals surface area contributed by atoms with Gasteiger partial charge in [-0.3, -0.25) is 14.7 Å². The van der Waals surface area contributed by atoms with Gasteiger partial charge in [-0.15, -0.1) is 0 Å². The first-order chi connectivity index (χ1) is 15.7. The number of benzene rings is 1. The van der Waals surface area contributed by atoms with E-state index in [0.717, 1.165) is 49.6 Å². The first-order valence-electron chi connectivity index (χ1n) is 11.3. The van der Waals surface area contributed by atoms with E-state index >= 15 is 0 Å². The summed E-state index contributed by atoms with van der Waals surface area (Å²) in [5, 5.41) is 6.48. The number of hydrogen-bond acceptors (Lipinski definition) is 5. The minimum Gasteiger partial charge on any atom is -0.373 e. The maximum Gasteiger partial charge on any atom is 0.224 e. The highest BCUT2D eigenvalue weighted by Crippen LogP contribution is 2.31. The van der Waals surface area contributed by atoms with Gasteiger partial charge < -0.3 is 10.6 Å². The molecule has 0 saturated carbocycles. The number of nitrogens with one attached hydrogen (secondary N) is 2. The molecule has 0 unspecified atom stereocenters. The molecule has 6 nitrogen and oxygen atoms in total. The zero-order chi connectivity index (χ0) is 22.2. The number of likely N-dealkylation sites (tertiary alicyclic amines) is 1. The molecule has 6 heteroatoms. The third kappa shape index (κ3) is 5.71. The predicted molar refractivity (Wildman–Crippen MR) is 127 cm³/mol. The van der Waals surface area contributed by atoms with Gasteiger partial charge in [-0.1, -0.05) is 42.5 Å². The lowest BCUT2D eigenvalue weighted by Crippen LogP contribution is -2.41. The largest absolute Gasteiger partial charge is 0.373 e. The third-order valence-corrected chi connectivity index (χ3v) is 6.16. The average Bonchev–Trinajstić information content (AvgIpc) is 2.85. The maximum atomic E-state index is 12.9. The van der Waals surface area contributed by atoms with Gasteiger partial charge in [0, 0.05) is 31.5 Å². The Morgan fingerprint density at radius 3 is 2.47 bits per heavy atom. The van der Waals surface area contributed by atoms with Crippen LogP contribution in [0.1, 0.15) is 35.7 Å². The summed E-state index contributed by atoms with van der Waals surface area (Å²) in [4.78, 5) is 24.3. The molecular formula is C26H31N5O. The van der Waals surface area contributed by atoms with Gasteiger partial charge in [-0.2, -0.15) is 0 Å². The molecular weight excluding hydrogens is 398 g/mol. The van der Waals surface area contributed by atoms with E-state index in [-0.39, 0.29) is 11.9 Å². The molecule has 3 aromatic rings. The number of hydrogen-bond donors (Lipinski definition) is 2. The van der Waals surface area contributed by atoms with E-state index in [2.05, 4.69) is 31.6 Å².